The Balaban J connectivity index is 2.44. The lowest BCUT2D eigenvalue weighted by Gasteiger charge is -2.18. The number of hydrogen-bond donors (Lipinski definition) is 1. The summed E-state index contributed by atoms with van der Waals surface area (Å²) >= 11 is 0. The summed E-state index contributed by atoms with van der Waals surface area (Å²) in [6, 6.07) is 0. The zero-order valence-electron chi connectivity index (χ0n) is 12.9. The third kappa shape index (κ3) is 2.96. The maximum Gasteiger partial charge on any atom is 0.332 e. The van der Waals surface area contributed by atoms with Gasteiger partial charge in [-0.05, 0) is 6.92 Å². The number of aromatic nitrogens is 4. The van der Waals surface area contributed by atoms with Gasteiger partial charge in [0.15, 0.2) is 17.5 Å². The molecule has 22 heavy (non-hydrogen) atoms. The number of hydrogen-bond acceptors (Lipinski definition) is 6. The first-order chi connectivity index (χ1) is 10.5. The molecule has 0 spiro atoms. The molecule has 0 bridgehead atoms. The molecule has 0 fully saturated rings. The Hall–Kier alpha value is -1.97. The monoisotopic (exact) mass is 312 g/mol. The van der Waals surface area contributed by atoms with Gasteiger partial charge in [0.25, 0.3) is 5.56 Å². The van der Waals surface area contributed by atoms with Crippen LogP contribution in [-0.2, 0) is 30.1 Å². The SMILES string of the molecule is CCOC(Cn1cnc2c1c(=O)n(C)c(=O)n2C)OCCO. The summed E-state index contributed by atoms with van der Waals surface area (Å²) in [4.78, 5) is 28.3. The molecule has 0 aliphatic carbocycles. The summed E-state index contributed by atoms with van der Waals surface area (Å²) in [6.07, 6.45) is 0.858. The fourth-order valence-electron chi connectivity index (χ4n) is 2.22. The number of imidazole rings is 1. The van der Waals surface area contributed by atoms with Gasteiger partial charge >= 0.3 is 5.69 Å². The van der Waals surface area contributed by atoms with E-state index in [1.807, 2.05) is 6.92 Å². The molecular weight excluding hydrogens is 292 g/mol. The van der Waals surface area contributed by atoms with Crippen LogP contribution in [0.5, 0.6) is 0 Å². The Kier molecular flexibility index (Phi) is 5.11. The third-order valence-electron chi connectivity index (χ3n) is 3.31. The number of aliphatic hydroxyl groups is 1. The fraction of sp³-hybridized carbons (Fsp3) is 0.615. The van der Waals surface area contributed by atoms with Gasteiger partial charge < -0.3 is 19.1 Å². The molecule has 1 N–H and O–H groups in total. The maximum atomic E-state index is 12.3. The van der Waals surface area contributed by atoms with Crippen LogP contribution in [-0.4, -0.2) is 49.9 Å². The van der Waals surface area contributed by atoms with Crippen molar-refractivity contribution in [1.29, 1.82) is 0 Å². The van der Waals surface area contributed by atoms with E-state index in [-0.39, 0.29) is 19.8 Å². The van der Waals surface area contributed by atoms with Crippen LogP contribution >= 0.6 is 0 Å². The van der Waals surface area contributed by atoms with Gasteiger partial charge in [0, 0.05) is 20.7 Å². The van der Waals surface area contributed by atoms with E-state index >= 15 is 0 Å². The number of aryl methyl sites for hydroxylation is 1. The molecule has 0 saturated carbocycles. The molecule has 122 valence electrons. The van der Waals surface area contributed by atoms with Crippen LogP contribution < -0.4 is 11.2 Å². The summed E-state index contributed by atoms with van der Waals surface area (Å²) in [5.41, 5.74) is -0.235. The van der Waals surface area contributed by atoms with Crippen LogP contribution in [0.4, 0.5) is 0 Å². The highest BCUT2D eigenvalue weighted by Gasteiger charge is 2.17. The lowest BCUT2D eigenvalue weighted by molar-refractivity contribution is -0.151. The Morgan fingerprint density at radius 2 is 2.00 bits per heavy atom. The predicted octanol–water partition coefficient (Wildman–Crippen LogP) is -1.19. The molecule has 9 nitrogen and oxygen atoms in total. The van der Waals surface area contributed by atoms with Crippen LogP contribution in [0.25, 0.3) is 11.2 Å². The van der Waals surface area contributed by atoms with Crippen LogP contribution in [0.15, 0.2) is 15.9 Å². The predicted molar refractivity (Wildman–Crippen MR) is 78.7 cm³/mol. The van der Waals surface area contributed by atoms with E-state index in [1.54, 1.807) is 11.6 Å². The average Bonchev–Trinajstić information content (AvgIpc) is 2.92. The molecule has 0 saturated heterocycles. The molecule has 2 aromatic heterocycles. The maximum absolute atomic E-state index is 12.3. The first-order valence-electron chi connectivity index (χ1n) is 6.96. The lowest BCUT2D eigenvalue weighted by atomic mass is 10.4. The number of nitrogens with zero attached hydrogens (tertiary/aromatic N) is 4. The molecule has 9 heteroatoms. The van der Waals surface area contributed by atoms with Crippen molar-refractivity contribution in [3.8, 4) is 0 Å². The molecule has 2 aromatic rings. The van der Waals surface area contributed by atoms with E-state index in [9.17, 15) is 9.59 Å². The second-order valence-electron chi connectivity index (χ2n) is 4.75. The van der Waals surface area contributed by atoms with Crippen molar-refractivity contribution in [1.82, 2.24) is 18.7 Å². The average molecular weight is 312 g/mol. The number of ether oxygens (including phenoxy) is 2. The van der Waals surface area contributed by atoms with Crippen molar-refractivity contribution < 1.29 is 14.6 Å². The molecule has 1 atom stereocenters. The van der Waals surface area contributed by atoms with Gasteiger partial charge in [0.2, 0.25) is 0 Å². The normalized spacial score (nSPS) is 12.9. The topological polar surface area (TPSA) is 101 Å². The lowest BCUT2D eigenvalue weighted by Crippen LogP contribution is -2.38. The highest BCUT2D eigenvalue weighted by Crippen LogP contribution is 2.08. The highest BCUT2D eigenvalue weighted by molar-refractivity contribution is 5.69. The molecule has 0 radical (unpaired) electrons. The van der Waals surface area contributed by atoms with E-state index in [0.717, 1.165) is 4.57 Å². The van der Waals surface area contributed by atoms with E-state index < -0.39 is 17.5 Å². The molecular formula is C13H20N4O5. The van der Waals surface area contributed by atoms with Gasteiger partial charge in [-0.1, -0.05) is 0 Å². The van der Waals surface area contributed by atoms with Gasteiger partial charge in [-0.2, -0.15) is 0 Å². The zero-order valence-corrected chi connectivity index (χ0v) is 12.9. The first kappa shape index (κ1) is 16.4. The minimum atomic E-state index is -0.614. The van der Waals surface area contributed by atoms with Crippen LogP contribution in [0.2, 0.25) is 0 Å². The quantitative estimate of drug-likeness (QED) is 0.645. The van der Waals surface area contributed by atoms with Gasteiger partial charge in [-0.3, -0.25) is 13.9 Å². The van der Waals surface area contributed by atoms with Crippen molar-refractivity contribution >= 4 is 11.2 Å². The molecule has 1 unspecified atom stereocenters. The van der Waals surface area contributed by atoms with E-state index in [4.69, 9.17) is 14.6 Å². The summed E-state index contributed by atoms with van der Waals surface area (Å²) in [5.74, 6) is 0. The second-order valence-corrected chi connectivity index (χ2v) is 4.75. The Labute approximate surface area is 126 Å². The van der Waals surface area contributed by atoms with Gasteiger partial charge in [-0.15, -0.1) is 0 Å². The smallest absolute Gasteiger partial charge is 0.332 e. The van der Waals surface area contributed by atoms with Crippen LogP contribution in [0.3, 0.4) is 0 Å². The molecule has 2 rings (SSSR count). The summed E-state index contributed by atoms with van der Waals surface area (Å²) in [5, 5.41) is 8.84. The first-order valence-corrected chi connectivity index (χ1v) is 6.96. The second kappa shape index (κ2) is 6.86. The Bertz CT molecular complexity index is 760. The number of fused-ring (bicyclic) bond motifs is 1. The van der Waals surface area contributed by atoms with Gasteiger partial charge in [-0.25, -0.2) is 9.78 Å². The van der Waals surface area contributed by atoms with E-state index in [0.29, 0.717) is 17.8 Å². The van der Waals surface area contributed by atoms with Crippen LogP contribution in [0, 0.1) is 0 Å². The molecule has 2 heterocycles. The van der Waals surface area contributed by atoms with Crippen LogP contribution in [0.1, 0.15) is 6.92 Å². The van der Waals surface area contributed by atoms with Crippen molar-refractivity contribution in [2.45, 2.75) is 19.8 Å². The number of aliphatic hydroxyl groups excluding tert-OH is 1. The van der Waals surface area contributed by atoms with E-state index in [1.165, 1.54) is 17.9 Å². The summed E-state index contributed by atoms with van der Waals surface area (Å²) in [6.45, 7) is 2.50. The van der Waals surface area contributed by atoms with Gasteiger partial charge in [0.05, 0.1) is 26.1 Å². The summed E-state index contributed by atoms with van der Waals surface area (Å²) in [7, 11) is 2.98. The molecule has 0 amide bonds. The Morgan fingerprint density at radius 1 is 1.27 bits per heavy atom. The minimum Gasteiger partial charge on any atom is -0.394 e. The Morgan fingerprint density at radius 3 is 2.64 bits per heavy atom. The van der Waals surface area contributed by atoms with Gasteiger partial charge in [0.1, 0.15) is 0 Å². The molecule has 0 aliphatic heterocycles. The summed E-state index contributed by atoms with van der Waals surface area (Å²) < 4.78 is 14.8. The molecule has 0 aromatic carbocycles. The minimum absolute atomic E-state index is 0.121. The zero-order chi connectivity index (χ0) is 16.3. The van der Waals surface area contributed by atoms with Crippen molar-refractivity contribution in [2.24, 2.45) is 14.1 Å². The number of rotatable bonds is 7. The largest absolute Gasteiger partial charge is 0.394 e. The standard InChI is InChI=1S/C13H20N4O5/c1-4-21-9(22-6-5-18)7-17-8-14-11-10(17)12(19)16(3)13(20)15(11)2/h8-9,18H,4-7H2,1-3H3. The molecule has 0 aliphatic rings. The van der Waals surface area contributed by atoms with Crippen molar-refractivity contribution in [3.63, 3.8) is 0 Å². The highest BCUT2D eigenvalue weighted by atomic mass is 16.7. The van der Waals surface area contributed by atoms with Crippen molar-refractivity contribution in [3.05, 3.63) is 27.2 Å². The fourth-order valence-corrected chi connectivity index (χ4v) is 2.22. The van der Waals surface area contributed by atoms with Crippen molar-refractivity contribution in [2.75, 3.05) is 19.8 Å². The van der Waals surface area contributed by atoms with E-state index in [2.05, 4.69) is 4.98 Å². The third-order valence-corrected chi connectivity index (χ3v) is 3.31.